The smallest absolute Gasteiger partial charge is 0.166 e. The summed E-state index contributed by atoms with van der Waals surface area (Å²) in [5.74, 6) is 0.781. The lowest BCUT2D eigenvalue weighted by molar-refractivity contribution is 0.670. The van der Waals surface area contributed by atoms with Crippen LogP contribution in [0.1, 0.15) is 16.4 Å². The fourth-order valence-corrected chi connectivity index (χ4v) is 7.24. The third-order valence-electron chi connectivity index (χ3n) is 9.80. The van der Waals surface area contributed by atoms with Gasteiger partial charge in [0.1, 0.15) is 11.2 Å². The van der Waals surface area contributed by atoms with E-state index in [9.17, 15) is 6.85 Å². The average Bonchev–Trinajstić information content (AvgIpc) is 3.94. The SMILES string of the molecule is [2H]c1c([2H])c([2H])c(-c2c([2H])c([2H])c3c(c2[2H])c2c([2H])c([2H])c([2H])c([2H])c2n3-c2ccc(-c3cccc4c3oc3ccccc34)cc2-c2nc(-c3ccccc3)nc(-c3ccccc3)n2)c([2H])c1[2H]. The first kappa shape index (κ1) is 21.9. The summed E-state index contributed by atoms with van der Waals surface area (Å²) >= 11 is 0. The van der Waals surface area contributed by atoms with Crippen LogP contribution in [0.15, 0.2) is 198 Å². The molecule has 5 heteroatoms. The largest absolute Gasteiger partial charge is 0.455 e. The molecule has 0 N–H and O–H groups in total. The highest BCUT2D eigenvalue weighted by molar-refractivity contribution is 6.12. The maximum atomic E-state index is 9.74. The van der Waals surface area contributed by atoms with Crippen molar-refractivity contribution in [1.29, 1.82) is 0 Å². The molecule has 0 unspecified atom stereocenters. The molecule has 0 fully saturated rings. The topological polar surface area (TPSA) is 56.7 Å². The normalized spacial score (nSPS) is 14.6. The van der Waals surface area contributed by atoms with Crippen LogP contribution in [0.4, 0.5) is 0 Å². The second-order valence-electron chi connectivity index (χ2n) is 13.1. The molecule has 5 nitrogen and oxygen atoms in total. The summed E-state index contributed by atoms with van der Waals surface area (Å²) in [6, 6.07) is 29.9. The molecular formula is C51H32N4O. The van der Waals surface area contributed by atoms with Crippen LogP contribution in [0.2, 0.25) is 0 Å². The van der Waals surface area contributed by atoms with Crippen LogP contribution in [-0.4, -0.2) is 19.5 Å². The summed E-state index contributed by atoms with van der Waals surface area (Å²) in [4.78, 5) is 15.0. The summed E-state index contributed by atoms with van der Waals surface area (Å²) in [6.07, 6.45) is 0. The molecule has 0 atom stereocenters. The van der Waals surface area contributed by atoms with Crippen molar-refractivity contribution in [2.45, 2.75) is 0 Å². The molecule has 0 amide bonds. The minimum atomic E-state index is -0.707. The molecule has 11 rings (SSSR count). The maximum Gasteiger partial charge on any atom is 0.166 e. The van der Waals surface area contributed by atoms with E-state index in [1.807, 2.05) is 109 Å². The van der Waals surface area contributed by atoms with Gasteiger partial charge in [-0.05, 0) is 53.0 Å². The minimum Gasteiger partial charge on any atom is -0.455 e. The van der Waals surface area contributed by atoms with Gasteiger partial charge < -0.3 is 8.98 Å². The van der Waals surface area contributed by atoms with Gasteiger partial charge in [-0.25, -0.2) is 15.0 Å². The molecule has 8 aromatic carbocycles. The van der Waals surface area contributed by atoms with Crippen LogP contribution in [0, 0.1) is 0 Å². The number of hydrogen-bond acceptors (Lipinski definition) is 4. The maximum absolute atomic E-state index is 9.74. The summed E-state index contributed by atoms with van der Waals surface area (Å²) in [6.45, 7) is 0. The summed E-state index contributed by atoms with van der Waals surface area (Å²) in [5.41, 5.74) is 3.28. The van der Waals surface area contributed by atoms with Gasteiger partial charge in [-0.1, -0.05) is 158 Å². The zero-order valence-corrected chi connectivity index (χ0v) is 29.2. The number of para-hydroxylation sites is 3. The van der Waals surface area contributed by atoms with Crippen molar-refractivity contribution in [3.63, 3.8) is 0 Å². The highest BCUT2D eigenvalue weighted by atomic mass is 16.3. The monoisotopic (exact) mass is 728 g/mol. The Morgan fingerprint density at radius 1 is 0.429 bits per heavy atom. The first-order chi connectivity index (χ1) is 32.8. The van der Waals surface area contributed by atoms with Crippen LogP contribution in [0.5, 0.6) is 0 Å². The van der Waals surface area contributed by atoms with Crippen molar-refractivity contribution in [3.8, 4) is 62.1 Å². The van der Waals surface area contributed by atoms with Gasteiger partial charge in [-0.3, -0.25) is 0 Å². The highest BCUT2D eigenvalue weighted by Gasteiger charge is 2.22. The average molecular weight is 729 g/mol. The Bertz CT molecular complexity index is 3860. The van der Waals surface area contributed by atoms with Gasteiger partial charge in [0, 0.05) is 43.8 Å². The Balaban J connectivity index is 1.31. The lowest BCUT2D eigenvalue weighted by atomic mass is 9.98. The quantitative estimate of drug-likeness (QED) is 0.171. The Morgan fingerprint density at radius 3 is 1.88 bits per heavy atom. The van der Waals surface area contributed by atoms with E-state index in [0.717, 1.165) is 10.8 Å². The number of furan rings is 1. The highest BCUT2D eigenvalue weighted by Crippen LogP contribution is 2.41. The fourth-order valence-electron chi connectivity index (χ4n) is 7.24. The second kappa shape index (κ2) is 13.0. The molecular weight excluding hydrogens is 685 g/mol. The fraction of sp³-hybridized carbons (Fsp3) is 0. The predicted octanol–water partition coefficient (Wildman–Crippen LogP) is 13.2. The molecule has 0 radical (unpaired) electrons. The van der Waals surface area contributed by atoms with Gasteiger partial charge in [0.15, 0.2) is 17.5 Å². The molecule has 0 spiro atoms. The van der Waals surface area contributed by atoms with Crippen molar-refractivity contribution in [1.82, 2.24) is 19.5 Å². The van der Waals surface area contributed by atoms with E-state index >= 15 is 0 Å². The minimum absolute atomic E-state index is 0.139. The second-order valence-corrected chi connectivity index (χ2v) is 13.1. The molecule has 3 heterocycles. The predicted molar refractivity (Wildman–Crippen MR) is 229 cm³/mol. The van der Waals surface area contributed by atoms with Crippen molar-refractivity contribution >= 4 is 43.7 Å². The van der Waals surface area contributed by atoms with E-state index in [2.05, 4.69) is 0 Å². The van der Waals surface area contributed by atoms with E-state index in [1.54, 1.807) is 12.1 Å². The van der Waals surface area contributed by atoms with E-state index in [-0.39, 0.29) is 33.3 Å². The van der Waals surface area contributed by atoms with Crippen molar-refractivity contribution < 1.29 is 20.9 Å². The van der Waals surface area contributed by atoms with E-state index < -0.39 is 83.6 Å². The van der Waals surface area contributed by atoms with E-state index in [4.69, 9.17) is 29.0 Å². The molecule has 0 aliphatic heterocycles. The lowest BCUT2D eigenvalue weighted by Gasteiger charge is -2.16. The number of aromatic nitrogens is 4. The molecule has 0 aliphatic carbocycles. The summed E-state index contributed by atoms with van der Waals surface area (Å²) in [7, 11) is 0. The van der Waals surface area contributed by atoms with Gasteiger partial charge in [-0.2, -0.15) is 0 Å². The van der Waals surface area contributed by atoms with E-state index in [1.165, 1.54) is 4.57 Å². The zero-order chi connectivity index (χ0) is 47.4. The first-order valence-corrected chi connectivity index (χ1v) is 17.8. The Morgan fingerprint density at radius 2 is 1.09 bits per heavy atom. The molecule has 262 valence electrons. The Hall–Kier alpha value is -7.63. The summed E-state index contributed by atoms with van der Waals surface area (Å²) < 4.78 is 116. The molecule has 56 heavy (non-hydrogen) atoms. The van der Waals surface area contributed by atoms with Crippen LogP contribution in [0.25, 0.3) is 106 Å². The summed E-state index contributed by atoms with van der Waals surface area (Å²) in [5, 5.41) is 1.43. The van der Waals surface area contributed by atoms with Crippen molar-refractivity contribution in [3.05, 3.63) is 194 Å². The van der Waals surface area contributed by atoms with Crippen LogP contribution in [-0.2, 0) is 0 Å². The molecule has 3 aromatic heterocycles. The number of benzene rings is 8. The third kappa shape index (κ3) is 5.29. The van der Waals surface area contributed by atoms with E-state index in [0.29, 0.717) is 50.6 Å². The number of fused-ring (bicyclic) bond motifs is 6. The molecule has 0 saturated heterocycles. The lowest BCUT2D eigenvalue weighted by Crippen LogP contribution is -2.04. The molecule has 0 bridgehead atoms. The van der Waals surface area contributed by atoms with Crippen LogP contribution in [0.3, 0.4) is 0 Å². The third-order valence-corrected chi connectivity index (χ3v) is 9.80. The molecule has 0 aliphatic rings. The Kier molecular flexibility index (Phi) is 5.10. The van der Waals surface area contributed by atoms with Crippen molar-refractivity contribution in [2.24, 2.45) is 0 Å². The van der Waals surface area contributed by atoms with Gasteiger partial charge >= 0.3 is 0 Å². The number of rotatable bonds is 6. The zero-order valence-electron chi connectivity index (χ0n) is 41.2. The number of hydrogen-bond donors (Lipinski definition) is 0. The Labute approximate surface area is 339 Å². The van der Waals surface area contributed by atoms with Gasteiger partial charge in [-0.15, -0.1) is 0 Å². The first-order valence-electron chi connectivity index (χ1n) is 23.8. The van der Waals surface area contributed by atoms with Gasteiger partial charge in [0.25, 0.3) is 0 Å². The van der Waals surface area contributed by atoms with Gasteiger partial charge in [0.2, 0.25) is 0 Å². The van der Waals surface area contributed by atoms with Crippen LogP contribution >= 0.6 is 0 Å². The standard InChI is InChI=1S/C51H32N4O/c1-4-15-33(16-5-1)36-27-29-45-42(31-36)39-21-10-12-25-44(39)55(45)46-30-28-37(38-23-14-24-41-40-22-11-13-26-47(40)56-48(38)41)32-43(46)51-53-49(34-17-6-2-7-18-34)52-50(54-51)35-19-8-3-9-20-35/h1-32H/i1D,4D,5D,10D,12D,15D,16D,21D,25D,27D,29D,31D. The van der Waals surface area contributed by atoms with Crippen molar-refractivity contribution in [2.75, 3.05) is 0 Å². The van der Waals surface area contributed by atoms with Crippen LogP contribution < -0.4 is 0 Å². The number of nitrogens with zero attached hydrogens (tertiary/aromatic N) is 4. The van der Waals surface area contributed by atoms with Gasteiger partial charge in [0.05, 0.1) is 33.2 Å². The molecule has 11 aromatic rings. The molecule has 0 saturated carbocycles.